The van der Waals surface area contributed by atoms with Crippen LogP contribution in [0.5, 0.6) is 0 Å². The Morgan fingerprint density at radius 1 is 1.35 bits per heavy atom. The predicted molar refractivity (Wildman–Crippen MR) is 88.2 cm³/mol. The van der Waals surface area contributed by atoms with Crippen molar-refractivity contribution < 1.29 is 17.9 Å². The van der Waals surface area contributed by atoms with Gasteiger partial charge in [-0.1, -0.05) is 6.42 Å². The van der Waals surface area contributed by atoms with Gasteiger partial charge in [-0.05, 0) is 30.7 Å². The second-order valence-corrected chi connectivity index (χ2v) is 8.84. The van der Waals surface area contributed by atoms with Crippen molar-refractivity contribution >= 4 is 27.3 Å². The highest BCUT2D eigenvalue weighted by atomic mass is 32.2. The second kappa shape index (κ2) is 7.29. The molecule has 3 heterocycles. The number of carbonyl (C=O) groups excluding carboxylic acids is 1. The van der Waals surface area contributed by atoms with Gasteiger partial charge in [-0.15, -0.1) is 11.3 Å². The van der Waals surface area contributed by atoms with Crippen molar-refractivity contribution in [2.75, 3.05) is 32.8 Å². The van der Waals surface area contributed by atoms with Gasteiger partial charge in [0.05, 0.1) is 6.61 Å². The van der Waals surface area contributed by atoms with Crippen LogP contribution in [0.4, 0.5) is 0 Å². The number of hydrogen-bond acceptors (Lipinski definition) is 5. The average molecular weight is 358 g/mol. The number of piperidine rings is 1. The van der Waals surface area contributed by atoms with E-state index in [9.17, 15) is 13.2 Å². The first-order valence-electron chi connectivity index (χ1n) is 8.02. The van der Waals surface area contributed by atoms with Crippen molar-refractivity contribution in [3.8, 4) is 0 Å². The fourth-order valence-electron chi connectivity index (χ4n) is 2.97. The maximum Gasteiger partial charge on any atom is 0.262 e. The van der Waals surface area contributed by atoms with Crippen LogP contribution in [0.3, 0.4) is 0 Å². The molecular weight excluding hydrogens is 336 g/mol. The Balaban J connectivity index is 1.71. The summed E-state index contributed by atoms with van der Waals surface area (Å²) < 4.78 is 32.3. The zero-order chi connectivity index (χ0) is 16.3. The summed E-state index contributed by atoms with van der Waals surface area (Å²) in [5, 5.41) is 4.52. The van der Waals surface area contributed by atoms with E-state index < -0.39 is 10.0 Å². The molecule has 1 N–H and O–H groups in total. The fourth-order valence-corrected chi connectivity index (χ4v) is 5.81. The second-order valence-electron chi connectivity index (χ2n) is 6.02. The van der Waals surface area contributed by atoms with E-state index in [0.717, 1.165) is 32.3 Å². The summed E-state index contributed by atoms with van der Waals surface area (Å²) in [7, 11) is -3.57. The van der Waals surface area contributed by atoms with Crippen molar-refractivity contribution in [1.29, 1.82) is 0 Å². The van der Waals surface area contributed by atoms with Gasteiger partial charge in [-0.25, -0.2) is 8.42 Å². The highest BCUT2D eigenvalue weighted by Crippen LogP contribution is 2.27. The minimum absolute atomic E-state index is 0.143. The van der Waals surface area contributed by atoms with Crippen LogP contribution in [-0.4, -0.2) is 51.5 Å². The molecule has 23 heavy (non-hydrogen) atoms. The van der Waals surface area contributed by atoms with Crippen molar-refractivity contribution in [1.82, 2.24) is 9.62 Å². The highest BCUT2D eigenvalue weighted by molar-refractivity contribution is 7.89. The van der Waals surface area contributed by atoms with E-state index in [-0.39, 0.29) is 15.7 Å². The number of carbonyl (C=O) groups is 1. The number of thiophene rings is 1. The van der Waals surface area contributed by atoms with Gasteiger partial charge in [0.25, 0.3) is 5.91 Å². The molecule has 2 saturated heterocycles. The Bertz CT molecular complexity index is 644. The molecule has 0 spiro atoms. The molecule has 1 aromatic heterocycles. The van der Waals surface area contributed by atoms with Crippen molar-refractivity contribution in [2.24, 2.45) is 5.92 Å². The third-order valence-corrected chi connectivity index (χ3v) is 7.33. The molecule has 3 rings (SSSR count). The summed E-state index contributed by atoms with van der Waals surface area (Å²) in [6.07, 6.45) is 3.76. The number of sulfonamides is 1. The van der Waals surface area contributed by atoms with E-state index in [0.29, 0.717) is 32.2 Å². The highest BCUT2D eigenvalue weighted by Gasteiger charge is 2.31. The topological polar surface area (TPSA) is 75.7 Å². The molecule has 1 atom stereocenters. The van der Waals surface area contributed by atoms with Crippen LogP contribution >= 0.6 is 11.3 Å². The van der Waals surface area contributed by atoms with Crippen molar-refractivity contribution in [3.05, 3.63) is 16.3 Å². The van der Waals surface area contributed by atoms with E-state index in [2.05, 4.69) is 5.32 Å². The molecule has 0 radical (unpaired) electrons. The molecule has 8 heteroatoms. The lowest BCUT2D eigenvalue weighted by atomic mass is 10.1. The van der Waals surface area contributed by atoms with Gasteiger partial charge >= 0.3 is 0 Å². The minimum Gasteiger partial charge on any atom is -0.381 e. The zero-order valence-corrected chi connectivity index (χ0v) is 14.6. The van der Waals surface area contributed by atoms with Gasteiger partial charge in [-0.2, -0.15) is 4.31 Å². The maximum atomic E-state index is 12.8. The Morgan fingerprint density at radius 3 is 2.83 bits per heavy atom. The Hall–Kier alpha value is -0.960. The number of rotatable bonds is 5. The number of ether oxygens (including phenoxy) is 1. The quantitative estimate of drug-likeness (QED) is 0.869. The Labute approximate surface area is 140 Å². The van der Waals surface area contributed by atoms with Crippen molar-refractivity contribution in [3.63, 3.8) is 0 Å². The van der Waals surface area contributed by atoms with E-state index >= 15 is 0 Å². The van der Waals surface area contributed by atoms with Gasteiger partial charge in [0.15, 0.2) is 0 Å². The molecule has 2 fully saturated rings. The molecular formula is C15H22N2O4S2. The third-order valence-electron chi connectivity index (χ3n) is 4.34. The first-order chi connectivity index (χ1) is 11.1. The summed E-state index contributed by atoms with van der Waals surface area (Å²) in [5.41, 5.74) is 0. The normalized spacial score (nSPS) is 23.0. The Morgan fingerprint density at radius 2 is 2.13 bits per heavy atom. The molecule has 1 amide bonds. The van der Waals surface area contributed by atoms with Crippen molar-refractivity contribution in [2.45, 2.75) is 30.6 Å². The van der Waals surface area contributed by atoms with Crippen LogP contribution in [-0.2, 0) is 14.8 Å². The average Bonchev–Trinajstić information content (AvgIpc) is 3.25. The molecule has 0 aromatic carbocycles. The maximum absolute atomic E-state index is 12.8. The van der Waals surface area contributed by atoms with Gasteiger partial charge < -0.3 is 10.1 Å². The summed E-state index contributed by atoms with van der Waals surface area (Å²) in [5.74, 6) is 0.0172. The SMILES string of the molecule is O=C(NCC1CCOC1)c1sccc1S(=O)(=O)N1CCCCC1. The smallest absolute Gasteiger partial charge is 0.262 e. The molecule has 1 unspecified atom stereocenters. The zero-order valence-electron chi connectivity index (χ0n) is 13.0. The lowest BCUT2D eigenvalue weighted by Gasteiger charge is -2.25. The molecule has 0 aliphatic carbocycles. The van der Waals surface area contributed by atoms with Crippen LogP contribution in [0.2, 0.25) is 0 Å². The number of amides is 1. The number of hydrogen-bond donors (Lipinski definition) is 1. The summed E-state index contributed by atoms with van der Waals surface area (Å²) >= 11 is 1.18. The third kappa shape index (κ3) is 3.76. The first kappa shape index (κ1) is 16.9. The van der Waals surface area contributed by atoms with Gasteiger partial charge in [-0.3, -0.25) is 4.79 Å². The molecule has 2 aliphatic heterocycles. The lowest BCUT2D eigenvalue weighted by molar-refractivity contribution is 0.0946. The van der Waals surface area contributed by atoms with Crippen LogP contribution in [0.15, 0.2) is 16.3 Å². The standard InChI is InChI=1S/C15H22N2O4S2/c18-15(16-10-12-4-8-21-11-12)14-13(5-9-22-14)23(19,20)17-6-2-1-3-7-17/h5,9,12H,1-4,6-8,10-11H2,(H,16,18). The summed E-state index contributed by atoms with van der Waals surface area (Å²) in [6.45, 7) is 3.00. The molecule has 6 nitrogen and oxygen atoms in total. The number of nitrogens with zero attached hydrogens (tertiary/aromatic N) is 1. The molecule has 0 bridgehead atoms. The fraction of sp³-hybridized carbons (Fsp3) is 0.667. The molecule has 2 aliphatic rings. The van der Waals surface area contributed by atoms with E-state index in [1.807, 2.05) is 0 Å². The van der Waals surface area contributed by atoms with Gasteiger partial charge in [0.2, 0.25) is 10.0 Å². The number of nitrogens with one attached hydrogen (secondary N) is 1. The Kier molecular flexibility index (Phi) is 5.35. The summed E-state index contributed by atoms with van der Waals surface area (Å²) in [6, 6.07) is 1.54. The van der Waals surface area contributed by atoms with Crippen LogP contribution in [0.1, 0.15) is 35.4 Å². The molecule has 128 valence electrons. The summed E-state index contributed by atoms with van der Waals surface area (Å²) in [4.78, 5) is 12.8. The largest absolute Gasteiger partial charge is 0.381 e. The van der Waals surface area contributed by atoms with E-state index in [1.165, 1.54) is 15.6 Å². The van der Waals surface area contributed by atoms with E-state index in [4.69, 9.17) is 4.74 Å². The minimum atomic E-state index is -3.57. The van der Waals surface area contributed by atoms with Crippen LogP contribution < -0.4 is 5.32 Å². The predicted octanol–water partition coefficient (Wildman–Crippen LogP) is 1.69. The molecule has 0 saturated carbocycles. The van der Waals surface area contributed by atoms with E-state index in [1.54, 1.807) is 11.4 Å². The lowest BCUT2D eigenvalue weighted by Crippen LogP contribution is -2.37. The van der Waals surface area contributed by atoms with Crippen LogP contribution in [0, 0.1) is 5.92 Å². The first-order valence-corrected chi connectivity index (χ1v) is 10.3. The van der Waals surface area contributed by atoms with Gasteiger partial charge in [0, 0.05) is 32.2 Å². The van der Waals surface area contributed by atoms with Crippen LogP contribution in [0.25, 0.3) is 0 Å². The monoisotopic (exact) mass is 358 g/mol. The van der Waals surface area contributed by atoms with Gasteiger partial charge in [0.1, 0.15) is 9.77 Å². The molecule has 1 aromatic rings.